The number of benzene rings is 2. The van der Waals surface area contributed by atoms with E-state index in [1.54, 1.807) is 31.2 Å². The van der Waals surface area contributed by atoms with E-state index in [1.165, 1.54) is 6.07 Å². The van der Waals surface area contributed by atoms with Crippen molar-refractivity contribution in [1.29, 1.82) is 0 Å². The molecule has 0 aliphatic carbocycles. The number of nitrogens with two attached hydrogens (primary N) is 1. The summed E-state index contributed by atoms with van der Waals surface area (Å²) in [5.41, 5.74) is -0.814. The Morgan fingerprint density at radius 3 is 2.66 bits per heavy atom. The van der Waals surface area contributed by atoms with Crippen molar-refractivity contribution in [3.8, 4) is 5.75 Å². The van der Waals surface area contributed by atoms with Crippen LogP contribution in [0.5, 0.6) is 5.75 Å². The van der Waals surface area contributed by atoms with Crippen LogP contribution < -0.4 is 31.1 Å². The average Bonchev–Trinajstić information content (AvgIpc) is 3.36. The first kappa shape index (κ1) is 30.0. The summed E-state index contributed by atoms with van der Waals surface area (Å²) in [6.07, 6.45) is -1.05. The van der Waals surface area contributed by atoms with Gasteiger partial charge >= 0.3 is 18.0 Å². The van der Waals surface area contributed by atoms with Crippen molar-refractivity contribution in [3.05, 3.63) is 52.5 Å². The Bertz CT molecular complexity index is 1490. The first-order valence-electron chi connectivity index (χ1n) is 12.5. The molecule has 0 aromatic heterocycles. The molecule has 41 heavy (non-hydrogen) atoms. The monoisotopic (exact) mass is 609 g/mol. The molecule has 2 aromatic carbocycles. The van der Waals surface area contributed by atoms with E-state index >= 15 is 0 Å². The van der Waals surface area contributed by atoms with Crippen molar-refractivity contribution in [2.24, 2.45) is 5.14 Å². The van der Waals surface area contributed by atoms with Gasteiger partial charge in [-0.2, -0.15) is 0 Å². The van der Waals surface area contributed by atoms with Gasteiger partial charge in [-0.3, -0.25) is 14.9 Å². The lowest BCUT2D eigenvalue weighted by Crippen LogP contribution is -2.55. The zero-order valence-electron chi connectivity index (χ0n) is 21.7. The highest BCUT2D eigenvalue weighted by Crippen LogP contribution is 2.34. The summed E-state index contributed by atoms with van der Waals surface area (Å²) in [6, 6.07) is 8.33. The minimum atomic E-state index is -4.15. The number of anilines is 1. The minimum Gasteiger partial charge on any atom is -0.481 e. The van der Waals surface area contributed by atoms with E-state index in [-0.39, 0.29) is 46.2 Å². The Kier molecular flexibility index (Phi) is 8.72. The van der Waals surface area contributed by atoms with Crippen LogP contribution in [-0.2, 0) is 24.3 Å². The Morgan fingerprint density at radius 2 is 2.00 bits per heavy atom. The average molecular weight is 610 g/mol. The van der Waals surface area contributed by atoms with E-state index in [0.717, 1.165) is 6.07 Å². The highest BCUT2D eigenvalue weighted by atomic mass is 35.5. The predicted octanol–water partition coefficient (Wildman–Crippen LogP) is 1.81. The quantitative estimate of drug-likeness (QED) is 0.178. The summed E-state index contributed by atoms with van der Waals surface area (Å²) in [7, 11) is -4.15. The number of carboxylic acid groups (broad SMARTS) is 1. The molecule has 14 nitrogen and oxygen atoms in total. The van der Waals surface area contributed by atoms with Gasteiger partial charge in [0.25, 0.3) is 11.6 Å². The van der Waals surface area contributed by atoms with Gasteiger partial charge in [-0.15, -0.1) is 0 Å². The number of nitrogens with one attached hydrogen (secondary N) is 4. The van der Waals surface area contributed by atoms with Gasteiger partial charge in [0.1, 0.15) is 16.8 Å². The third kappa shape index (κ3) is 7.05. The fourth-order valence-corrected chi connectivity index (χ4v) is 5.53. The summed E-state index contributed by atoms with van der Waals surface area (Å²) >= 11 is 6.09. The van der Waals surface area contributed by atoms with Gasteiger partial charge in [0.05, 0.1) is 16.3 Å². The number of carbonyl (C=O) groups excluding carboxylic acids is 3. The number of primary sulfonamides is 1. The molecule has 0 spiro atoms. The molecule has 2 aromatic rings. The number of carboxylic acids is 1. The number of hydrogen-bond donors (Lipinski definition) is 6. The summed E-state index contributed by atoms with van der Waals surface area (Å²) < 4.78 is 34.6. The van der Waals surface area contributed by atoms with Crippen molar-refractivity contribution >= 4 is 51.3 Å². The highest BCUT2D eigenvalue weighted by Gasteiger charge is 2.46. The van der Waals surface area contributed by atoms with Gasteiger partial charge in [0.2, 0.25) is 10.0 Å². The zero-order chi connectivity index (χ0) is 29.9. The largest absolute Gasteiger partial charge is 0.481 e. The Balaban J connectivity index is 1.48. The number of ether oxygens (including phenoxy) is 2. The number of esters is 1. The smallest absolute Gasteiger partial charge is 0.415 e. The predicted molar refractivity (Wildman–Crippen MR) is 145 cm³/mol. The second-order valence-corrected chi connectivity index (χ2v) is 11.5. The first-order valence-corrected chi connectivity index (χ1v) is 14.4. The van der Waals surface area contributed by atoms with Crippen LogP contribution in [0.1, 0.15) is 54.7 Å². The number of halogens is 1. The lowest BCUT2D eigenvalue weighted by Gasteiger charge is -2.30. The van der Waals surface area contributed by atoms with Crippen LogP contribution >= 0.6 is 11.6 Å². The van der Waals surface area contributed by atoms with Crippen LogP contribution in [0.4, 0.5) is 10.5 Å². The third-order valence-electron chi connectivity index (χ3n) is 6.47. The number of fused-ring (bicyclic) bond motifs is 1. The normalized spacial score (nSPS) is 20.7. The second kappa shape index (κ2) is 11.9. The summed E-state index contributed by atoms with van der Waals surface area (Å²) in [5.74, 6) is -2.33. The van der Waals surface area contributed by atoms with Crippen LogP contribution in [0.25, 0.3) is 0 Å². The SMILES string of the molecule is CC(CCC(=O)O)NC(=O)OC(=O)[C@]1(Oc2cccc(C3NC(=O)c4cc(S(N)(=O)=O)c(Cl)cc4N3)c2)CCCN1. The molecule has 0 saturated carbocycles. The number of hydrogen-bond acceptors (Lipinski definition) is 10. The fraction of sp³-hybridized carbons (Fsp3) is 0.360. The zero-order valence-corrected chi connectivity index (χ0v) is 23.3. The van der Waals surface area contributed by atoms with Crippen molar-refractivity contribution in [2.45, 2.75) is 55.4 Å². The number of rotatable bonds is 9. The van der Waals surface area contributed by atoms with Crippen molar-refractivity contribution < 1.29 is 42.2 Å². The maximum Gasteiger partial charge on any atom is 0.415 e. The standard InChI is InChI=1S/C25H28ClN5O9S/c1-13(6-7-20(32)33)29-24(36)39-23(35)25(8-3-9-28-25)40-15-5-2-4-14(10-15)21-30-18-12-17(26)19(41(27,37)38)11-16(18)22(34)31-21/h2,4-5,10-13,21,28,30H,3,6-9H2,1H3,(H,29,36)(H,31,34)(H,32,33)(H2,27,37,38)/t13?,21?,25-/m1/s1. The maximum absolute atomic E-state index is 13.0. The third-order valence-corrected chi connectivity index (χ3v) is 7.84. The molecule has 2 aliphatic rings. The molecular weight excluding hydrogens is 582 g/mol. The van der Waals surface area contributed by atoms with E-state index in [1.807, 2.05) is 0 Å². The molecular formula is C25H28ClN5O9S. The van der Waals surface area contributed by atoms with Gasteiger partial charge in [-0.1, -0.05) is 23.7 Å². The van der Waals surface area contributed by atoms with Crippen molar-refractivity contribution in [1.82, 2.24) is 16.0 Å². The molecule has 1 saturated heterocycles. The van der Waals surface area contributed by atoms with Gasteiger partial charge < -0.3 is 30.5 Å². The highest BCUT2D eigenvalue weighted by molar-refractivity contribution is 7.89. The maximum atomic E-state index is 13.0. The second-order valence-electron chi connectivity index (χ2n) is 9.61. The van der Waals surface area contributed by atoms with Crippen LogP contribution in [0.3, 0.4) is 0 Å². The fourth-order valence-electron chi connectivity index (χ4n) is 4.43. The molecule has 0 radical (unpaired) electrons. The van der Waals surface area contributed by atoms with E-state index in [0.29, 0.717) is 18.5 Å². The number of amides is 2. The number of aliphatic carboxylic acids is 1. The van der Waals surface area contributed by atoms with E-state index < -0.39 is 51.9 Å². The van der Waals surface area contributed by atoms with Crippen LogP contribution in [0.15, 0.2) is 41.3 Å². The van der Waals surface area contributed by atoms with Crippen LogP contribution in [0.2, 0.25) is 5.02 Å². The topological polar surface area (TPSA) is 215 Å². The lowest BCUT2D eigenvalue weighted by atomic mass is 10.1. The number of carbonyl (C=O) groups is 4. The molecule has 3 atom stereocenters. The van der Waals surface area contributed by atoms with Crippen molar-refractivity contribution in [2.75, 3.05) is 11.9 Å². The van der Waals surface area contributed by atoms with Crippen molar-refractivity contribution in [3.63, 3.8) is 0 Å². The van der Waals surface area contributed by atoms with Crippen LogP contribution in [0, 0.1) is 0 Å². The molecule has 2 heterocycles. The number of sulfonamides is 1. The lowest BCUT2D eigenvalue weighted by molar-refractivity contribution is -0.157. The Hall–Kier alpha value is -3.92. The summed E-state index contributed by atoms with van der Waals surface area (Å²) in [6.45, 7) is 2.01. The van der Waals surface area contributed by atoms with Crippen LogP contribution in [-0.4, -0.2) is 55.8 Å². The van der Waals surface area contributed by atoms with Gasteiger partial charge in [-0.05, 0) is 56.1 Å². The van der Waals surface area contributed by atoms with E-state index in [2.05, 4.69) is 21.3 Å². The van der Waals surface area contributed by atoms with E-state index in [4.69, 9.17) is 31.3 Å². The molecule has 7 N–H and O–H groups in total. The summed E-state index contributed by atoms with van der Waals surface area (Å²) in [5, 5.41) is 25.0. The molecule has 0 bridgehead atoms. The Labute approximate surface area is 239 Å². The molecule has 2 amide bonds. The molecule has 1 fully saturated rings. The Morgan fingerprint density at radius 1 is 1.24 bits per heavy atom. The first-order chi connectivity index (χ1) is 19.3. The summed E-state index contributed by atoms with van der Waals surface area (Å²) in [4.78, 5) is 48.5. The van der Waals surface area contributed by atoms with Gasteiger partial charge in [-0.25, -0.2) is 23.1 Å². The van der Waals surface area contributed by atoms with E-state index in [9.17, 15) is 27.6 Å². The molecule has 4 rings (SSSR count). The number of alkyl carbamates (subject to hydrolysis) is 1. The minimum absolute atomic E-state index is 0.0366. The van der Waals surface area contributed by atoms with Gasteiger partial charge in [0.15, 0.2) is 0 Å². The molecule has 2 aliphatic heterocycles. The molecule has 2 unspecified atom stereocenters. The van der Waals surface area contributed by atoms with Gasteiger partial charge in [0, 0.05) is 18.9 Å². The molecule has 16 heteroatoms. The molecule has 220 valence electrons.